The predicted molar refractivity (Wildman–Crippen MR) is 73.2 cm³/mol. The lowest BCUT2D eigenvalue weighted by Gasteiger charge is -2.23. The number of carbonyl (C=O) groups excluding carboxylic acids is 1. The number of pyridine rings is 1. The Morgan fingerprint density at radius 3 is 2.56 bits per heavy atom. The summed E-state index contributed by atoms with van der Waals surface area (Å²) in [6.45, 7) is 10.0. The normalized spacial score (nSPS) is 12.2. The van der Waals surface area contributed by atoms with E-state index < -0.39 is 0 Å². The minimum absolute atomic E-state index is 0.145. The van der Waals surface area contributed by atoms with Crippen LogP contribution in [0.2, 0.25) is 0 Å². The molecule has 0 radical (unpaired) electrons. The van der Waals surface area contributed by atoms with Crippen LogP contribution < -0.4 is 5.32 Å². The topological polar surface area (TPSA) is 45.2 Å². The summed E-state index contributed by atoms with van der Waals surface area (Å²) in [5.41, 5.74) is 2.10. The van der Waals surface area contributed by atoms with Crippen molar-refractivity contribution in [3.05, 3.63) is 29.6 Å². The SMILES string of the molecule is CCN(CC)C(=O)C(C)NCc1ccc(C)cn1. The van der Waals surface area contributed by atoms with Gasteiger partial charge in [-0.25, -0.2) is 0 Å². The van der Waals surface area contributed by atoms with Crippen molar-refractivity contribution in [2.45, 2.75) is 40.3 Å². The number of amides is 1. The average Bonchev–Trinajstić information content (AvgIpc) is 2.39. The van der Waals surface area contributed by atoms with E-state index in [0.717, 1.165) is 24.3 Å². The molecule has 1 unspecified atom stereocenters. The Hall–Kier alpha value is -1.42. The summed E-state index contributed by atoms with van der Waals surface area (Å²) in [6, 6.07) is 3.84. The number of likely N-dealkylation sites (N-methyl/N-ethyl adjacent to an activating group) is 1. The molecule has 1 amide bonds. The minimum Gasteiger partial charge on any atom is -0.342 e. The molecule has 4 heteroatoms. The number of hydrogen-bond acceptors (Lipinski definition) is 3. The largest absolute Gasteiger partial charge is 0.342 e. The fourth-order valence-corrected chi connectivity index (χ4v) is 1.76. The maximum absolute atomic E-state index is 12.0. The smallest absolute Gasteiger partial charge is 0.239 e. The van der Waals surface area contributed by atoms with Crippen LogP contribution in [0.4, 0.5) is 0 Å². The van der Waals surface area contributed by atoms with Gasteiger partial charge < -0.3 is 10.2 Å². The van der Waals surface area contributed by atoms with E-state index in [1.807, 2.05) is 50.9 Å². The summed E-state index contributed by atoms with van der Waals surface area (Å²) in [5, 5.41) is 3.21. The Bertz CT molecular complexity index is 371. The molecular weight excluding hydrogens is 226 g/mol. The highest BCUT2D eigenvalue weighted by atomic mass is 16.2. The Morgan fingerprint density at radius 1 is 1.39 bits per heavy atom. The third kappa shape index (κ3) is 4.11. The van der Waals surface area contributed by atoms with Gasteiger partial charge in [0, 0.05) is 25.8 Å². The molecule has 0 aliphatic rings. The van der Waals surface area contributed by atoms with Crippen molar-refractivity contribution in [1.82, 2.24) is 15.2 Å². The second-order valence-electron chi connectivity index (χ2n) is 4.44. The fraction of sp³-hybridized carbons (Fsp3) is 0.571. The molecule has 18 heavy (non-hydrogen) atoms. The van der Waals surface area contributed by atoms with Crippen LogP contribution in [-0.4, -0.2) is 34.9 Å². The fourth-order valence-electron chi connectivity index (χ4n) is 1.76. The first-order valence-electron chi connectivity index (χ1n) is 6.52. The zero-order valence-electron chi connectivity index (χ0n) is 11.7. The number of nitrogens with zero attached hydrogens (tertiary/aromatic N) is 2. The number of rotatable bonds is 6. The summed E-state index contributed by atoms with van der Waals surface area (Å²) in [5.74, 6) is 0.145. The first-order chi connectivity index (χ1) is 8.58. The van der Waals surface area contributed by atoms with Crippen molar-refractivity contribution in [1.29, 1.82) is 0 Å². The summed E-state index contributed by atoms with van der Waals surface area (Å²) in [4.78, 5) is 18.2. The second kappa shape index (κ2) is 7.11. The van der Waals surface area contributed by atoms with Crippen molar-refractivity contribution in [3.63, 3.8) is 0 Å². The maximum Gasteiger partial charge on any atom is 0.239 e. The Kier molecular flexibility index (Phi) is 5.78. The van der Waals surface area contributed by atoms with Crippen molar-refractivity contribution in [3.8, 4) is 0 Å². The van der Waals surface area contributed by atoms with Crippen LogP contribution in [0, 0.1) is 6.92 Å². The molecule has 1 atom stereocenters. The van der Waals surface area contributed by atoms with E-state index in [4.69, 9.17) is 0 Å². The highest BCUT2D eigenvalue weighted by Crippen LogP contribution is 2.00. The predicted octanol–water partition coefficient (Wildman–Crippen LogP) is 1.74. The highest BCUT2D eigenvalue weighted by Gasteiger charge is 2.17. The van der Waals surface area contributed by atoms with Gasteiger partial charge in [0.05, 0.1) is 11.7 Å². The lowest BCUT2D eigenvalue weighted by Crippen LogP contribution is -2.44. The quantitative estimate of drug-likeness (QED) is 0.835. The molecule has 1 rings (SSSR count). The molecule has 0 saturated carbocycles. The van der Waals surface area contributed by atoms with Gasteiger partial charge in [-0.05, 0) is 39.3 Å². The molecule has 0 aromatic carbocycles. The van der Waals surface area contributed by atoms with Crippen molar-refractivity contribution >= 4 is 5.91 Å². The van der Waals surface area contributed by atoms with Crippen molar-refractivity contribution < 1.29 is 4.79 Å². The second-order valence-corrected chi connectivity index (χ2v) is 4.44. The monoisotopic (exact) mass is 249 g/mol. The van der Waals surface area contributed by atoms with Gasteiger partial charge in [0.2, 0.25) is 5.91 Å². The lowest BCUT2D eigenvalue weighted by atomic mass is 10.2. The standard InChI is InChI=1S/C14H23N3O/c1-5-17(6-2)14(18)12(4)15-10-13-8-7-11(3)9-16-13/h7-9,12,15H,5-6,10H2,1-4H3. The zero-order valence-corrected chi connectivity index (χ0v) is 11.7. The average molecular weight is 249 g/mol. The molecule has 1 heterocycles. The molecule has 100 valence electrons. The third-order valence-corrected chi connectivity index (χ3v) is 3.01. The number of aryl methyl sites for hydroxylation is 1. The van der Waals surface area contributed by atoms with Crippen molar-refractivity contribution in [2.24, 2.45) is 0 Å². The van der Waals surface area contributed by atoms with Crippen LogP contribution in [0.5, 0.6) is 0 Å². The van der Waals surface area contributed by atoms with Gasteiger partial charge >= 0.3 is 0 Å². The van der Waals surface area contributed by atoms with Gasteiger partial charge in [0.25, 0.3) is 0 Å². The van der Waals surface area contributed by atoms with E-state index in [0.29, 0.717) is 6.54 Å². The molecule has 4 nitrogen and oxygen atoms in total. The molecule has 1 N–H and O–H groups in total. The Labute approximate surface area is 109 Å². The van der Waals surface area contributed by atoms with Gasteiger partial charge in [-0.3, -0.25) is 9.78 Å². The molecule has 1 aromatic heterocycles. The first kappa shape index (κ1) is 14.6. The maximum atomic E-state index is 12.0. The first-order valence-corrected chi connectivity index (χ1v) is 6.52. The number of hydrogen-bond donors (Lipinski definition) is 1. The highest BCUT2D eigenvalue weighted by molar-refractivity contribution is 5.81. The Balaban J connectivity index is 2.47. The van der Waals surface area contributed by atoms with Gasteiger partial charge in [0.15, 0.2) is 0 Å². The minimum atomic E-state index is -0.173. The molecule has 0 bridgehead atoms. The molecule has 0 aliphatic carbocycles. The van der Waals surface area contributed by atoms with Crippen LogP contribution in [0.25, 0.3) is 0 Å². The molecule has 0 aliphatic heterocycles. The Morgan fingerprint density at radius 2 is 2.06 bits per heavy atom. The number of nitrogens with one attached hydrogen (secondary N) is 1. The van der Waals surface area contributed by atoms with Gasteiger partial charge in [-0.1, -0.05) is 6.07 Å². The number of aromatic nitrogens is 1. The molecule has 1 aromatic rings. The van der Waals surface area contributed by atoms with Crippen LogP contribution in [-0.2, 0) is 11.3 Å². The lowest BCUT2D eigenvalue weighted by molar-refractivity contribution is -0.132. The molecule has 0 saturated heterocycles. The summed E-state index contributed by atoms with van der Waals surface area (Å²) in [7, 11) is 0. The van der Waals surface area contributed by atoms with E-state index >= 15 is 0 Å². The molecule has 0 fully saturated rings. The van der Waals surface area contributed by atoms with Gasteiger partial charge in [-0.15, -0.1) is 0 Å². The van der Waals surface area contributed by atoms with Crippen molar-refractivity contribution in [2.75, 3.05) is 13.1 Å². The van der Waals surface area contributed by atoms with E-state index in [2.05, 4.69) is 10.3 Å². The van der Waals surface area contributed by atoms with E-state index in [-0.39, 0.29) is 11.9 Å². The third-order valence-electron chi connectivity index (χ3n) is 3.01. The van der Waals surface area contributed by atoms with Crippen LogP contribution >= 0.6 is 0 Å². The summed E-state index contributed by atoms with van der Waals surface area (Å²) in [6.07, 6.45) is 1.84. The van der Waals surface area contributed by atoms with E-state index in [1.54, 1.807) is 0 Å². The summed E-state index contributed by atoms with van der Waals surface area (Å²) >= 11 is 0. The van der Waals surface area contributed by atoms with E-state index in [1.165, 1.54) is 0 Å². The van der Waals surface area contributed by atoms with Gasteiger partial charge in [-0.2, -0.15) is 0 Å². The number of carbonyl (C=O) groups is 1. The van der Waals surface area contributed by atoms with Gasteiger partial charge in [0.1, 0.15) is 0 Å². The van der Waals surface area contributed by atoms with E-state index in [9.17, 15) is 4.79 Å². The van der Waals surface area contributed by atoms with Crippen LogP contribution in [0.1, 0.15) is 32.0 Å². The zero-order chi connectivity index (χ0) is 13.5. The van der Waals surface area contributed by atoms with Crippen LogP contribution in [0.3, 0.4) is 0 Å². The van der Waals surface area contributed by atoms with Crippen LogP contribution in [0.15, 0.2) is 18.3 Å². The summed E-state index contributed by atoms with van der Waals surface area (Å²) < 4.78 is 0. The molecule has 0 spiro atoms. The molecular formula is C14H23N3O.